The van der Waals surface area contributed by atoms with Crippen LogP contribution in [0.25, 0.3) is 22.0 Å². The lowest BCUT2D eigenvalue weighted by Crippen LogP contribution is -2.30. The van der Waals surface area contributed by atoms with Gasteiger partial charge in [0, 0.05) is 29.2 Å². The van der Waals surface area contributed by atoms with Gasteiger partial charge in [0.2, 0.25) is 0 Å². The third-order valence-electron chi connectivity index (χ3n) is 4.69. The second kappa shape index (κ2) is 5.32. The van der Waals surface area contributed by atoms with E-state index in [2.05, 4.69) is 64.1 Å². The van der Waals surface area contributed by atoms with E-state index in [4.69, 9.17) is 0 Å². The average Bonchev–Trinajstić information content (AvgIpc) is 3.25. The van der Waals surface area contributed by atoms with Gasteiger partial charge in [-0.05, 0) is 72.5 Å². The Balaban J connectivity index is 1.72. The van der Waals surface area contributed by atoms with Crippen molar-refractivity contribution in [1.82, 2.24) is 9.88 Å². The normalized spacial score (nSPS) is 20.1. The quantitative estimate of drug-likeness (QED) is 0.742. The zero-order valence-corrected chi connectivity index (χ0v) is 13.1. The van der Waals surface area contributed by atoms with E-state index in [1.807, 2.05) is 0 Å². The van der Waals surface area contributed by atoms with Gasteiger partial charge in [-0.1, -0.05) is 6.07 Å². The van der Waals surface area contributed by atoms with Crippen molar-refractivity contribution in [2.45, 2.75) is 31.8 Å². The average molecular weight is 296 g/mol. The number of nitrogens with one attached hydrogen (secondary N) is 1. The first-order valence-corrected chi connectivity index (χ1v) is 8.64. The molecule has 0 amide bonds. The lowest BCUT2D eigenvalue weighted by Gasteiger charge is -2.22. The number of hydrogen-bond donors (Lipinski definition) is 1. The van der Waals surface area contributed by atoms with Crippen molar-refractivity contribution in [2.24, 2.45) is 0 Å². The second-order valence-electron chi connectivity index (χ2n) is 5.95. The molecular weight excluding hydrogens is 276 g/mol. The molecule has 2 unspecified atom stereocenters. The summed E-state index contributed by atoms with van der Waals surface area (Å²) in [5, 5.41) is 9.31. The monoisotopic (exact) mass is 296 g/mol. The topological polar surface area (TPSA) is 17.0 Å². The Hall–Kier alpha value is -1.58. The molecule has 2 aromatic heterocycles. The van der Waals surface area contributed by atoms with Gasteiger partial charge in [-0.25, -0.2) is 0 Å². The van der Waals surface area contributed by atoms with Crippen LogP contribution in [0, 0.1) is 0 Å². The van der Waals surface area contributed by atoms with E-state index < -0.39 is 0 Å². The van der Waals surface area contributed by atoms with E-state index in [-0.39, 0.29) is 0 Å². The summed E-state index contributed by atoms with van der Waals surface area (Å²) >= 11 is 1.75. The maximum atomic E-state index is 3.62. The first-order chi connectivity index (χ1) is 10.3. The summed E-state index contributed by atoms with van der Waals surface area (Å²) in [5.41, 5.74) is 3.98. The van der Waals surface area contributed by atoms with Gasteiger partial charge in [-0.3, -0.25) is 0 Å². The first-order valence-electron chi connectivity index (χ1n) is 7.69. The zero-order chi connectivity index (χ0) is 14.2. The first kappa shape index (κ1) is 13.1. The summed E-state index contributed by atoms with van der Waals surface area (Å²) in [6.07, 6.45) is 4.83. The molecule has 1 saturated heterocycles. The third kappa shape index (κ3) is 2.30. The molecule has 2 atom stereocenters. The van der Waals surface area contributed by atoms with Crippen molar-refractivity contribution in [3.8, 4) is 11.1 Å². The smallest absolute Gasteiger partial charge is 0.0483 e. The Labute approximate surface area is 129 Å². The fourth-order valence-corrected chi connectivity index (χ4v) is 4.11. The summed E-state index contributed by atoms with van der Waals surface area (Å²) in [6, 6.07) is 12.4. The number of rotatable bonds is 3. The SMILES string of the molecule is CC(C1CCCN1)n1ccc2cc(-c3ccsc3)ccc21. The number of fused-ring (bicyclic) bond motifs is 1. The van der Waals surface area contributed by atoms with Crippen LogP contribution in [0.3, 0.4) is 0 Å². The summed E-state index contributed by atoms with van der Waals surface area (Å²) in [4.78, 5) is 0. The highest BCUT2D eigenvalue weighted by molar-refractivity contribution is 7.08. The van der Waals surface area contributed by atoms with E-state index in [0.717, 1.165) is 6.54 Å². The molecule has 1 fully saturated rings. The number of thiophene rings is 1. The minimum Gasteiger partial charge on any atom is -0.343 e. The predicted molar refractivity (Wildman–Crippen MR) is 91.0 cm³/mol. The van der Waals surface area contributed by atoms with Crippen LogP contribution in [0.15, 0.2) is 47.3 Å². The van der Waals surface area contributed by atoms with Gasteiger partial charge >= 0.3 is 0 Å². The molecule has 0 spiro atoms. The standard InChI is InChI=1S/C18H20N2S/c1-13(17-3-2-8-19-17)20-9-6-15-11-14(4-5-18(15)20)16-7-10-21-12-16/h4-7,9-13,17,19H,2-3,8H2,1H3. The highest BCUT2D eigenvalue weighted by atomic mass is 32.1. The molecule has 3 heterocycles. The van der Waals surface area contributed by atoms with Gasteiger partial charge in [0.1, 0.15) is 0 Å². The largest absolute Gasteiger partial charge is 0.343 e. The molecule has 0 aliphatic carbocycles. The lowest BCUT2D eigenvalue weighted by molar-refractivity contribution is 0.419. The van der Waals surface area contributed by atoms with Crippen LogP contribution >= 0.6 is 11.3 Å². The fraction of sp³-hybridized carbons (Fsp3) is 0.333. The molecule has 108 valence electrons. The third-order valence-corrected chi connectivity index (χ3v) is 5.38. The maximum absolute atomic E-state index is 3.62. The summed E-state index contributed by atoms with van der Waals surface area (Å²) in [5.74, 6) is 0. The van der Waals surface area contributed by atoms with Crippen molar-refractivity contribution in [3.63, 3.8) is 0 Å². The Morgan fingerprint density at radius 3 is 2.95 bits per heavy atom. The van der Waals surface area contributed by atoms with Gasteiger partial charge in [-0.15, -0.1) is 0 Å². The van der Waals surface area contributed by atoms with Crippen LogP contribution < -0.4 is 5.32 Å². The lowest BCUT2D eigenvalue weighted by atomic mass is 10.1. The van der Waals surface area contributed by atoms with Crippen LogP contribution in [0.2, 0.25) is 0 Å². The predicted octanol–water partition coefficient (Wildman–Crippen LogP) is 4.68. The van der Waals surface area contributed by atoms with Gasteiger partial charge in [0.05, 0.1) is 0 Å². The van der Waals surface area contributed by atoms with E-state index >= 15 is 0 Å². The van der Waals surface area contributed by atoms with E-state index in [0.29, 0.717) is 12.1 Å². The molecular formula is C18H20N2S. The van der Waals surface area contributed by atoms with Crippen molar-refractivity contribution < 1.29 is 0 Å². The molecule has 2 nitrogen and oxygen atoms in total. The minimum atomic E-state index is 0.511. The molecule has 4 rings (SSSR count). The van der Waals surface area contributed by atoms with E-state index in [1.54, 1.807) is 11.3 Å². The molecule has 0 saturated carbocycles. The number of hydrogen-bond acceptors (Lipinski definition) is 2. The van der Waals surface area contributed by atoms with Gasteiger partial charge < -0.3 is 9.88 Å². The Morgan fingerprint density at radius 1 is 1.24 bits per heavy atom. The minimum absolute atomic E-state index is 0.511. The molecule has 3 heteroatoms. The molecule has 21 heavy (non-hydrogen) atoms. The van der Waals surface area contributed by atoms with Gasteiger partial charge in [-0.2, -0.15) is 11.3 Å². The Kier molecular flexibility index (Phi) is 3.32. The maximum Gasteiger partial charge on any atom is 0.0483 e. The van der Waals surface area contributed by atoms with Crippen LogP contribution in [0.5, 0.6) is 0 Å². The molecule has 0 radical (unpaired) electrons. The van der Waals surface area contributed by atoms with E-state index in [1.165, 1.54) is 34.9 Å². The molecule has 1 aliphatic heterocycles. The summed E-state index contributed by atoms with van der Waals surface area (Å²) < 4.78 is 2.43. The zero-order valence-electron chi connectivity index (χ0n) is 12.3. The Morgan fingerprint density at radius 2 is 2.19 bits per heavy atom. The fourth-order valence-electron chi connectivity index (χ4n) is 3.44. The van der Waals surface area contributed by atoms with Crippen LogP contribution in [0.1, 0.15) is 25.8 Å². The van der Waals surface area contributed by atoms with Crippen LogP contribution in [-0.2, 0) is 0 Å². The van der Waals surface area contributed by atoms with Crippen molar-refractivity contribution in [2.75, 3.05) is 6.54 Å². The molecule has 1 N–H and O–H groups in total. The van der Waals surface area contributed by atoms with Crippen molar-refractivity contribution >= 4 is 22.2 Å². The highest BCUT2D eigenvalue weighted by Crippen LogP contribution is 2.29. The molecule has 0 bridgehead atoms. The Bertz CT molecular complexity index is 736. The van der Waals surface area contributed by atoms with Gasteiger partial charge in [0.25, 0.3) is 0 Å². The number of benzene rings is 1. The molecule has 3 aromatic rings. The van der Waals surface area contributed by atoms with Crippen LogP contribution in [0.4, 0.5) is 0 Å². The van der Waals surface area contributed by atoms with Crippen molar-refractivity contribution in [1.29, 1.82) is 0 Å². The van der Waals surface area contributed by atoms with Crippen molar-refractivity contribution in [3.05, 3.63) is 47.3 Å². The van der Waals surface area contributed by atoms with Crippen LogP contribution in [-0.4, -0.2) is 17.2 Å². The molecule has 1 aromatic carbocycles. The van der Waals surface area contributed by atoms with Gasteiger partial charge in [0.15, 0.2) is 0 Å². The summed E-state index contributed by atoms with van der Waals surface area (Å²) in [7, 11) is 0. The second-order valence-corrected chi connectivity index (χ2v) is 6.73. The van der Waals surface area contributed by atoms with E-state index in [9.17, 15) is 0 Å². The highest BCUT2D eigenvalue weighted by Gasteiger charge is 2.22. The summed E-state index contributed by atoms with van der Waals surface area (Å²) in [6.45, 7) is 3.49. The number of nitrogens with zero attached hydrogens (tertiary/aromatic N) is 1. The molecule has 1 aliphatic rings. The number of aromatic nitrogens is 1.